The summed E-state index contributed by atoms with van der Waals surface area (Å²) < 4.78 is 43.0. The lowest BCUT2D eigenvalue weighted by molar-refractivity contribution is -0.213. The number of ether oxygens (including phenoxy) is 1. The first kappa shape index (κ1) is 12.1. The van der Waals surface area contributed by atoms with Gasteiger partial charge in [0.05, 0.1) is 0 Å². The van der Waals surface area contributed by atoms with Crippen LogP contribution in [-0.2, 0) is 4.74 Å². The largest absolute Gasteiger partial charge is 0.414 e. The van der Waals surface area contributed by atoms with Gasteiger partial charge in [-0.2, -0.15) is 13.2 Å². The highest BCUT2D eigenvalue weighted by molar-refractivity contribution is 7.96. The fraction of sp³-hybridized carbons (Fsp3) is 1.00. The molecule has 0 saturated carbocycles. The molecule has 2 nitrogen and oxygen atoms in total. The first-order valence-corrected chi connectivity index (χ1v) is 4.60. The molecule has 1 N–H and O–H groups in total. The molecule has 12 heavy (non-hydrogen) atoms. The Kier molecular flexibility index (Phi) is 5.69. The lowest BCUT2D eigenvalue weighted by Gasteiger charge is -2.18. The van der Waals surface area contributed by atoms with Gasteiger partial charge >= 0.3 is 6.18 Å². The summed E-state index contributed by atoms with van der Waals surface area (Å²) in [6, 6.07) is 0. The SMILES string of the molecule is COC(CCNSC)C(F)(F)F. The van der Waals surface area contributed by atoms with E-state index in [0.717, 1.165) is 7.11 Å². The van der Waals surface area contributed by atoms with E-state index in [1.807, 2.05) is 0 Å². The van der Waals surface area contributed by atoms with Gasteiger partial charge in [-0.05, 0) is 12.7 Å². The summed E-state index contributed by atoms with van der Waals surface area (Å²) in [4.78, 5) is 0. The molecule has 0 bridgehead atoms. The molecule has 0 radical (unpaired) electrons. The van der Waals surface area contributed by atoms with Gasteiger partial charge < -0.3 is 4.74 Å². The van der Waals surface area contributed by atoms with Crippen molar-refractivity contribution in [1.82, 2.24) is 4.72 Å². The van der Waals surface area contributed by atoms with Gasteiger partial charge in [0.2, 0.25) is 0 Å². The minimum Gasteiger partial charge on any atom is -0.372 e. The molecule has 74 valence electrons. The molecule has 0 rings (SSSR count). The summed E-state index contributed by atoms with van der Waals surface area (Å²) in [5.41, 5.74) is 0. The molecule has 0 spiro atoms. The number of rotatable bonds is 5. The Labute approximate surface area is 74.0 Å². The van der Waals surface area contributed by atoms with E-state index in [0.29, 0.717) is 6.54 Å². The summed E-state index contributed by atoms with van der Waals surface area (Å²) in [6.45, 7) is 0.291. The minimum atomic E-state index is -4.26. The highest BCUT2D eigenvalue weighted by Crippen LogP contribution is 2.24. The normalized spacial score (nSPS) is 14.8. The van der Waals surface area contributed by atoms with Crippen molar-refractivity contribution in [2.45, 2.75) is 18.7 Å². The fourth-order valence-electron chi connectivity index (χ4n) is 0.707. The van der Waals surface area contributed by atoms with Crippen LogP contribution < -0.4 is 4.72 Å². The smallest absolute Gasteiger partial charge is 0.372 e. The maximum Gasteiger partial charge on any atom is 0.414 e. The molecule has 0 amide bonds. The van der Waals surface area contributed by atoms with E-state index in [4.69, 9.17) is 0 Å². The van der Waals surface area contributed by atoms with Crippen LogP contribution in [0.4, 0.5) is 13.2 Å². The third kappa shape index (κ3) is 4.84. The highest BCUT2D eigenvalue weighted by Gasteiger charge is 2.39. The Morgan fingerprint density at radius 3 is 2.42 bits per heavy atom. The average Bonchev–Trinajstić information content (AvgIpc) is 1.95. The molecule has 0 aromatic heterocycles. The van der Waals surface area contributed by atoms with Gasteiger partial charge in [0, 0.05) is 13.7 Å². The molecule has 0 aromatic rings. The van der Waals surface area contributed by atoms with Crippen LogP contribution in [0, 0.1) is 0 Å². The van der Waals surface area contributed by atoms with Crippen molar-refractivity contribution in [2.75, 3.05) is 19.9 Å². The van der Waals surface area contributed by atoms with Crippen LogP contribution in [0.3, 0.4) is 0 Å². The molecule has 0 aliphatic heterocycles. The van der Waals surface area contributed by atoms with Gasteiger partial charge in [-0.1, -0.05) is 11.9 Å². The van der Waals surface area contributed by atoms with Gasteiger partial charge in [-0.25, -0.2) is 0 Å². The van der Waals surface area contributed by atoms with Crippen LogP contribution in [0.2, 0.25) is 0 Å². The van der Waals surface area contributed by atoms with Crippen LogP contribution in [0.25, 0.3) is 0 Å². The number of halogens is 3. The van der Waals surface area contributed by atoms with Gasteiger partial charge in [-0.3, -0.25) is 4.72 Å². The molecule has 0 saturated heterocycles. The maximum atomic E-state index is 12.0. The van der Waals surface area contributed by atoms with Gasteiger partial charge in [0.25, 0.3) is 0 Å². The topological polar surface area (TPSA) is 21.3 Å². The van der Waals surface area contributed by atoms with Crippen molar-refractivity contribution < 1.29 is 17.9 Å². The lowest BCUT2D eigenvalue weighted by Crippen LogP contribution is -2.32. The molecule has 0 fully saturated rings. The zero-order valence-electron chi connectivity index (χ0n) is 6.94. The van der Waals surface area contributed by atoms with E-state index in [9.17, 15) is 13.2 Å². The summed E-state index contributed by atoms with van der Waals surface area (Å²) in [7, 11) is 1.07. The highest BCUT2D eigenvalue weighted by atomic mass is 32.2. The Balaban J connectivity index is 3.68. The molecule has 1 unspecified atom stereocenters. The monoisotopic (exact) mass is 203 g/mol. The maximum absolute atomic E-state index is 12.0. The van der Waals surface area contributed by atoms with E-state index in [1.165, 1.54) is 11.9 Å². The average molecular weight is 203 g/mol. The van der Waals surface area contributed by atoms with Crippen LogP contribution in [0.1, 0.15) is 6.42 Å². The first-order chi connectivity index (χ1) is 5.52. The van der Waals surface area contributed by atoms with Crippen molar-refractivity contribution in [1.29, 1.82) is 0 Å². The van der Waals surface area contributed by atoms with Crippen molar-refractivity contribution >= 4 is 11.9 Å². The Morgan fingerprint density at radius 2 is 2.08 bits per heavy atom. The van der Waals surface area contributed by atoms with Crippen LogP contribution in [0.15, 0.2) is 0 Å². The third-order valence-corrected chi connectivity index (χ3v) is 1.80. The molecular weight excluding hydrogens is 191 g/mol. The molecule has 0 aromatic carbocycles. The van der Waals surface area contributed by atoms with Crippen molar-refractivity contribution in [3.05, 3.63) is 0 Å². The lowest BCUT2D eigenvalue weighted by atomic mass is 10.2. The van der Waals surface area contributed by atoms with E-state index < -0.39 is 12.3 Å². The quantitative estimate of drug-likeness (QED) is 0.544. The number of methoxy groups -OCH3 is 1. The van der Waals surface area contributed by atoms with E-state index in [-0.39, 0.29) is 6.42 Å². The zero-order valence-corrected chi connectivity index (χ0v) is 7.76. The van der Waals surface area contributed by atoms with Crippen molar-refractivity contribution in [3.63, 3.8) is 0 Å². The van der Waals surface area contributed by atoms with E-state index in [2.05, 4.69) is 9.46 Å². The molecule has 0 heterocycles. The fourth-order valence-corrected chi connectivity index (χ4v) is 1.03. The number of hydrogen-bond acceptors (Lipinski definition) is 3. The van der Waals surface area contributed by atoms with Crippen LogP contribution in [0.5, 0.6) is 0 Å². The zero-order chi connectivity index (χ0) is 9.61. The van der Waals surface area contributed by atoms with Gasteiger partial charge in [-0.15, -0.1) is 0 Å². The molecule has 0 aliphatic rings. The Hall–Kier alpha value is 0.0600. The second-order valence-corrected chi connectivity index (χ2v) is 2.85. The number of hydrogen-bond donors (Lipinski definition) is 1. The Bertz CT molecular complexity index is 120. The van der Waals surface area contributed by atoms with Crippen molar-refractivity contribution in [2.24, 2.45) is 0 Å². The molecule has 1 atom stereocenters. The predicted octanol–water partition coefficient (Wildman–Crippen LogP) is 1.82. The Morgan fingerprint density at radius 1 is 1.50 bits per heavy atom. The molecular formula is C6H12F3NOS. The summed E-state index contributed by atoms with van der Waals surface area (Å²) in [6.07, 6.45) is -4.21. The summed E-state index contributed by atoms with van der Waals surface area (Å²) in [5, 5.41) is 0. The standard InChI is InChI=1S/C6H12F3NOS/c1-11-5(6(7,8)9)3-4-10-12-2/h5,10H,3-4H2,1-2H3. The summed E-state index contributed by atoms with van der Waals surface area (Å²) in [5.74, 6) is 0. The third-order valence-electron chi connectivity index (χ3n) is 1.30. The second kappa shape index (κ2) is 5.66. The van der Waals surface area contributed by atoms with Gasteiger partial charge in [0.1, 0.15) is 0 Å². The van der Waals surface area contributed by atoms with Crippen molar-refractivity contribution in [3.8, 4) is 0 Å². The number of alkyl halides is 3. The number of nitrogens with one attached hydrogen (secondary N) is 1. The van der Waals surface area contributed by atoms with E-state index >= 15 is 0 Å². The first-order valence-electron chi connectivity index (χ1n) is 3.37. The van der Waals surface area contributed by atoms with Gasteiger partial charge in [0.15, 0.2) is 6.10 Å². The van der Waals surface area contributed by atoms with E-state index in [1.54, 1.807) is 6.26 Å². The molecule has 6 heteroatoms. The summed E-state index contributed by atoms with van der Waals surface area (Å²) >= 11 is 1.29. The predicted molar refractivity (Wildman–Crippen MR) is 43.0 cm³/mol. The second-order valence-electron chi connectivity index (χ2n) is 2.15. The molecule has 0 aliphatic carbocycles. The minimum absolute atomic E-state index is 0.0547. The van der Waals surface area contributed by atoms with Crippen LogP contribution >= 0.6 is 11.9 Å². The van der Waals surface area contributed by atoms with Crippen LogP contribution in [-0.4, -0.2) is 32.2 Å².